The SMILES string of the molecule is CCOC(=O)[C@](NC(=O)c1ccccc1F)(Nc1cccc(F)c1)C(F)(F)F. The zero-order valence-corrected chi connectivity index (χ0v) is 14.4. The summed E-state index contributed by atoms with van der Waals surface area (Å²) in [5, 5.41) is 3.25. The monoisotopic (exact) mass is 402 g/mol. The van der Waals surface area contributed by atoms with Crippen molar-refractivity contribution < 1.29 is 36.3 Å². The van der Waals surface area contributed by atoms with Gasteiger partial charge in [0.25, 0.3) is 5.91 Å². The fourth-order valence-electron chi connectivity index (χ4n) is 2.30. The number of alkyl halides is 3. The molecule has 0 bridgehead atoms. The fourth-order valence-corrected chi connectivity index (χ4v) is 2.30. The van der Waals surface area contributed by atoms with Gasteiger partial charge in [-0.1, -0.05) is 18.2 Å². The van der Waals surface area contributed by atoms with Gasteiger partial charge in [-0.05, 0) is 37.3 Å². The summed E-state index contributed by atoms with van der Waals surface area (Å²) in [7, 11) is 0. The van der Waals surface area contributed by atoms with Gasteiger partial charge >= 0.3 is 17.8 Å². The Kier molecular flexibility index (Phi) is 6.22. The molecule has 0 fully saturated rings. The van der Waals surface area contributed by atoms with Crippen LogP contribution in [0.25, 0.3) is 0 Å². The largest absolute Gasteiger partial charge is 0.463 e. The third-order valence-electron chi connectivity index (χ3n) is 3.58. The molecule has 2 rings (SSSR count). The van der Waals surface area contributed by atoms with Crippen molar-refractivity contribution in [2.75, 3.05) is 11.9 Å². The Morgan fingerprint density at radius 3 is 2.29 bits per heavy atom. The molecule has 2 aromatic rings. The van der Waals surface area contributed by atoms with Crippen LogP contribution in [0, 0.1) is 11.6 Å². The Hall–Kier alpha value is -3.17. The van der Waals surface area contributed by atoms with Crippen molar-refractivity contribution in [2.45, 2.75) is 18.8 Å². The minimum absolute atomic E-state index is 0.433. The van der Waals surface area contributed by atoms with Gasteiger partial charge < -0.3 is 15.4 Å². The smallest absolute Gasteiger partial charge is 0.441 e. The summed E-state index contributed by atoms with van der Waals surface area (Å²) in [5.41, 5.74) is -4.96. The molecule has 1 atom stereocenters. The second-order valence-electron chi connectivity index (χ2n) is 5.54. The second kappa shape index (κ2) is 8.24. The lowest BCUT2D eigenvalue weighted by Gasteiger charge is -2.35. The van der Waals surface area contributed by atoms with Crippen LogP contribution in [-0.2, 0) is 9.53 Å². The van der Waals surface area contributed by atoms with Gasteiger partial charge in [0.2, 0.25) is 0 Å². The highest BCUT2D eigenvalue weighted by molar-refractivity contribution is 5.99. The highest BCUT2D eigenvalue weighted by Crippen LogP contribution is 2.33. The van der Waals surface area contributed by atoms with E-state index in [0.29, 0.717) is 6.07 Å². The quantitative estimate of drug-likeness (QED) is 0.440. The Morgan fingerprint density at radius 1 is 1.04 bits per heavy atom. The van der Waals surface area contributed by atoms with Gasteiger partial charge in [0, 0.05) is 5.69 Å². The molecular formula is C18H15F5N2O3. The number of hydrogen-bond acceptors (Lipinski definition) is 4. The summed E-state index contributed by atoms with van der Waals surface area (Å²) in [6, 6.07) is 8.10. The molecule has 0 heterocycles. The lowest BCUT2D eigenvalue weighted by molar-refractivity contribution is -0.204. The Morgan fingerprint density at radius 2 is 1.71 bits per heavy atom. The Labute approximate surface area is 156 Å². The van der Waals surface area contributed by atoms with Crippen molar-refractivity contribution in [3.8, 4) is 0 Å². The molecule has 150 valence electrons. The molecule has 0 aliphatic heterocycles. The molecule has 0 saturated heterocycles. The number of carbonyl (C=O) groups excluding carboxylic acids is 2. The summed E-state index contributed by atoms with van der Waals surface area (Å²) in [6.45, 7) is 0.830. The predicted octanol–water partition coefficient (Wildman–Crippen LogP) is 3.63. The number of benzene rings is 2. The number of hydrogen-bond donors (Lipinski definition) is 2. The number of carbonyl (C=O) groups is 2. The number of esters is 1. The second-order valence-corrected chi connectivity index (χ2v) is 5.54. The highest BCUT2D eigenvalue weighted by Gasteiger charge is 2.63. The topological polar surface area (TPSA) is 67.4 Å². The van der Waals surface area contributed by atoms with E-state index in [4.69, 9.17) is 0 Å². The molecule has 0 saturated carbocycles. The number of halogens is 5. The van der Waals surface area contributed by atoms with Crippen molar-refractivity contribution >= 4 is 17.6 Å². The van der Waals surface area contributed by atoms with E-state index in [-0.39, 0.29) is 0 Å². The normalized spacial score (nSPS) is 13.4. The molecule has 1 amide bonds. The van der Waals surface area contributed by atoms with E-state index in [2.05, 4.69) is 4.74 Å². The zero-order valence-electron chi connectivity index (χ0n) is 14.4. The minimum Gasteiger partial charge on any atom is -0.463 e. The van der Waals surface area contributed by atoms with E-state index >= 15 is 0 Å². The van der Waals surface area contributed by atoms with E-state index in [1.54, 1.807) is 5.32 Å². The molecule has 5 nitrogen and oxygen atoms in total. The molecule has 10 heteroatoms. The highest BCUT2D eigenvalue weighted by atomic mass is 19.4. The van der Waals surface area contributed by atoms with Crippen LogP contribution in [0.3, 0.4) is 0 Å². The molecule has 0 aliphatic carbocycles. The van der Waals surface area contributed by atoms with Gasteiger partial charge in [0.05, 0.1) is 12.2 Å². The fraction of sp³-hybridized carbons (Fsp3) is 0.222. The third kappa shape index (κ3) is 4.38. The lowest BCUT2D eigenvalue weighted by Crippen LogP contribution is -2.69. The molecular weight excluding hydrogens is 387 g/mol. The van der Waals surface area contributed by atoms with Crippen LogP contribution in [0.4, 0.5) is 27.6 Å². The van der Waals surface area contributed by atoms with E-state index in [9.17, 15) is 31.5 Å². The maximum Gasteiger partial charge on any atom is 0.441 e. The average Bonchev–Trinajstić information content (AvgIpc) is 2.60. The van der Waals surface area contributed by atoms with Gasteiger partial charge in [0.1, 0.15) is 11.6 Å². The van der Waals surface area contributed by atoms with Crippen LogP contribution in [0.5, 0.6) is 0 Å². The Balaban J connectivity index is 2.54. The average molecular weight is 402 g/mol. The third-order valence-corrected chi connectivity index (χ3v) is 3.58. The minimum atomic E-state index is -5.42. The van der Waals surface area contributed by atoms with Crippen LogP contribution in [0.2, 0.25) is 0 Å². The van der Waals surface area contributed by atoms with E-state index < -0.39 is 53.2 Å². The van der Waals surface area contributed by atoms with E-state index in [1.807, 2.05) is 0 Å². The number of rotatable bonds is 6. The van der Waals surface area contributed by atoms with Crippen LogP contribution in [0.1, 0.15) is 17.3 Å². The molecule has 28 heavy (non-hydrogen) atoms. The van der Waals surface area contributed by atoms with Crippen LogP contribution < -0.4 is 10.6 Å². The van der Waals surface area contributed by atoms with Crippen molar-refractivity contribution in [2.24, 2.45) is 0 Å². The zero-order chi connectivity index (χ0) is 20.9. The molecule has 2 aromatic carbocycles. The summed E-state index contributed by atoms with van der Waals surface area (Å²) < 4.78 is 73.5. The number of ether oxygens (including phenoxy) is 1. The van der Waals surface area contributed by atoms with E-state index in [1.165, 1.54) is 24.4 Å². The van der Waals surface area contributed by atoms with Crippen LogP contribution in [0.15, 0.2) is 48.5 Å². The van der Waals surface area contributed by atoms with Gasteiger partial charge in [-0.25, -0.2) is 13.6 Å². The molecule has 0 aliphatic rings. The van der Waals surface area contributed by atoms with Crippen molar-refractivity contribution in [3.63, 3.8) is 0 Å². The molecule has 0 unspecified atom stereocenters. The van der Waals surface area contributed by atoms with Gasteiger partial charge in [0.15, 0.2) is 0 Å². The lowest BCUT2D eigenvalue weighted by atomic mass is 10.1. The maximum absolute atomic E-state index is 13.9. The maximum atomic E-state index is 13.9. The number of nitrogens with one attached hydrogen (secondary N) is 2. The molecule has 0 aromatic heterocycles. The van der Waals surface area contributed by atoms with Gasteiger partial charge in [-0.3, -0.25) is 4.79 Å². The predicted molar refractivity (Wildman–Crippen MR) is 89.3 cm³/mol. The van der Waals surface area contributed by atoms with Gasteiger partial charge in [-0.15, -0.1) is 0 Å². The molecule has 0 radical (unpaired) electrons. The van der Waals surface area contributed by atoms with Crippen molar-refractivity contribution in [1.82, 2.24) is 5.32 Å². The van der Waals surface area contributed by atoms with Crippen LogP contribution >= 0.6 is 0 Å². The first-order chi connectivity index (χ1) is 13.1. The number of anilines is 1. The van der Waals surface area contributed by atoms with Crippen molar-refractivity contribution in [1.29, 1.82) is 0 Å². The first kappa shape index (κ1) is 21.1. The summed E-state index contributed by atoms with van der Waals surface area (Å²) >= 11 is 0. The van der Waals surface area contributed by atoms with Crippen molar-refractivity contribution in [3.05, 3.63) is 65.7 Å². The molecule has 0 spiro atoms. The first-order valence-electron chi connectivity index (χ1n) is 7.95. The first-order valence-corrected chi connectivity index (χ1v) is 7.95. The standard InChI is InChI=1S/C18H15F5N2O3/c1-2-28-16(27)17(18(21,22)23,24-12-7-5-6-11(19)10-12)25-15(26)13-8-3-4-9-14(13)20/h3-10,24H,2H2,1H3,(H,25,26)/t17-/m1/s1. The summed E-state index contributed by atoms with van der Waals surface area (Å²) in [5.74, 6) is -5.39. The van der Waals surface area contributed by atoms with Crippen LogP contribution in [-0.4, -0.2) is 30.3 Å². The summed E-state index contributed by atoms with van der Waals surface area (Å²) in [4.78, 5) is 24.6. The Bertz CT molecular complexity index is 872. The van der Waals surface area contributed by atoms with E-state index in [0.717, 1.165) is 30.3 Å². The number of amides is 1. The summed E-state index contributed by atoms with van der Waals surface area (Å²) in [6.07, 6.45) is -5.42. The van der Waals surface area contributed by atoms with Gasteiger partial charge in [-0.2, -0.15) is 13.2 Å². The molecule has 2 N–H and O–H groups in total.